The number of carboxylic acids is 1. The number of nitrogens with zero attached hydrogens (tertiary/aromatic N) is 2. The summed E-state index contributed by atoms with van der Waals surface area (Å²) < 4.78 is 0. The molecule has 0 spiro atoms. The molecular weight excluding hydrogens is 256 g/mol. The fourth-order valence-electron chi connectivity index (χ4n) is 2.60. The molecule has 0 radical (unpaired) electrons. The highest BCUT2D eigenvalue weighted by Crippen LogP contribution is 2.18. The second-order valence-corrected chi connectivity index (χ2v) is 5.34. The molecule has 1 heterocycles. The average molecular weight is 276 g/mol. The summed E-state index contributed by atoms with van der Waals surface area (Å²) in [4.78, 5) is 27.2. The van der Waals surface area contributed by atoms with Crippen molar-refractivity contribution in [2.24, 2.45) is 0 Å². The first-order valence-electron chi connectivity index (χ1n) is 6.77. The zero-order valence-electron chi connectivity index (χ0n) is 11.8. The van der Waals surface area contributed by atoms with Crippen molar-refractivity contribution in [3.8, 4) is 0 Å². The number of amides is 1. The van der Waals surface area contributed by atoms with Gasteiger partial charge in [0.25, 0.3) is 5.91 Å². The molecule has 5 heteroatoms. The van der Waals surface area contributed by atoms with Gasteiger partial charge in [0, 0.05) is 30.7 Å². The molecule has 0 aliphatic carbocycles. The molecule has 20 heavy (non-hydrogen) atoms. The van der Waals surface area contributed by atoms with Crippen LogP contribution >= 0.6 is 0 Å². The summed E-state index contributed by atoms with van der Waals surface area (Å²) in [6.45, 7) is 3.10. The number of hydrogen-bond donors (Lipinski definition) is 1. The molecule has 1 amide bonds. The van der Waals surface area contributed by atoms with Gasteiger partial charge in [-0.3, -0.25) is 14.5 Å². The molecule has 1 aromatic carbocycles. The summed E-state index contributed by atoms with van der Waals surface area (Å²) in [7, 11) is 1.92. The maximum Gasteiger partial charge on any atom is 0.305 e. The second kappa shape index (κ2) is 6.05. The lowest BCUT2D eigenvalue weighted by Gasteiger charge is -2.43. The van der Waals surface area contributed by atoms with Crippen LogP contribution in [0.3, 0.4) is 0 Å². The van der Waals surface area contributed by atoms with Gasteiger partial charge in [-0.2, -0.15) is 0 Å². The molecule has 0 saturated carbocycles. The molecule has 1 aliphatic heterocycles. The van der Waals surface area contributed by atoms with Gasteiger partial charge < -0.3 is 10.0 Å². The van der Waals surface area contributed by atoms with Gasteiger partial charge in [0.05, 0.1) is 6.42 Å². The van der Waals surface area contributed by atoms with Crippen molar-refractivity contribution in [1.29, 1.82) is 0 Å². The lowest BCUT2D eigenvalue weighted by molar-refractivity contribution is -0.139. The number of carbonyl (C=O) groups is 2. The van der Waals surface area contributed by atoms with E-state index in [1.165, 1.54) is 0 Å². The van der Waals surface area contributed by atoms with Gasteiger partial charge in [-0.05, 0) is 26.1 Å². The Hall–Kier alpha value is -1.88. The summed E-state index contributed by atoms with van der Waals surface area (Å²) >= 11 is 0. The Morgan fingerprint density at radius 1 is 1.25 bits per heavy atom. The van der Waals surface area contributed by atoms with Crippen molar-refractivity contribution >= 4 is 11.9 Å². The molecule has 1 saturated heterocycles. The lowest BCUT2D eigenvalue weighted by atomic mass is 10.0. The predicted octanol–water partition coefficient (Wildman–Crippen LogP) is 1.31. The van der Waals surface area contributed by atoms with Crippen LogP contribution in [0.1, 0.15) is 23.7 Å². The lowest BCUT2D eigenvalue weighted by Crippen LogP contribution is -2.58. The van der Waals surface area contributed by atoms with E-state index in [0.717, 1.165) is 0 Å². The normalized spacial score (nSPS) is 23.6. The van der Waals surface area contributed by atoms with Crippen molar-refractivity contribution in [1.82, 2.24) is 9.80 Å². The summed E-state index contributed by atoms with van der Waals surface area (Å²) in [5, 5.41) is 8.98. The van der Waals surface area contributed by atoms with Crippen LogP contribution < -0.4 is 0 Å². The first-order chi connectivity index (χ1) is 9.49. The van der Waals surface area contributed by atoms with E-state index in [0.29, 0.717) is 18.7 Å². The van der Waals surface area contributed by atoms with E-state index in [9.17, 15) is 9.59 Å². The SMILES string of the molecule is C[C@@H]1CN(C(=O)c2ccccc2)C[C@@H](CC(=O)O)N1C. The first-order valence-corrected chi connectivity index (χ1v) is 6.77. The standard InChI is InChI=1S/C15H20N2O3/c1-11-9-17(10-13(16(11)2)8-14(18)19)15(20)12-6-4-3-5-7-12/h3-7,11,13H,8-10H2,1-2H3,(H,18,19)/t11-,13-/m1/s1. The fourth-order valence-corrected chi connectivity index (χ4v) is 2.60. The summed E-state index contributed by atoms with van der Waals surface area (Å²) in [5.74, 6) is -0.857. The van der Waals surface area contributed by atoms with Crippen LogP contribution in [0.5, 0.6) is 0 Å². The number of carboxylic acid groups (broad SMARTS) is 1. The molecule has 0 aromatic heterocycles. The molecule has 5 nitrogen and oxygen atoms in total. The monoisotopic (exact) mass is 276 g/mol. The molecule has 108 valence electrons. The first kappa shape index (κ1) is 14.5. The van der Waals surface area contributed by atoms with Crippen LogP contribution in [0.15, 0.2) is 30.3 Å². The van der Waals surface area contributed by atoms with Crippen LogP contribution in [0, 0.1) is 0 Å². The van der Waals surface area contributed by atoms with Crippen molar-refractivity contribution < 1.29 is 14.7 Å². The molecule has 0 unspecified atom stereocenters. The van der Waals surface area contributed by atoms with Crippen LogP contribution in [-0.4, -0.2) is 59.0 Å². The predicted molar refractivity (Wildman–Crippen MR) is 75.6 cm³/mol. The number of hydrogen-bond acceptors (Lipinski definition) is 3. The number of piperazine rings is 1. The number of rotatable bonds is 3. The molecule has 1 aromatic rings. The zero-order valence-corrected chi connectivity index (χ0v) is 11.8. The minimum absolute atomic E-state index is 0.0269. The van der Waals surface area contributed by atoms with Gasteiger partial charge in [-0.15, -0.1) is 0 Å². The highest BCUT2D eigenvalue weighted by atomic mass is 16.4. The summed E-state index contributed by atoms with van der Waals surface area (Å²) in [6, 6.07) is 9.14. The van der Waals surface area contributed by atoms with E-state index < -0.39 is 5.97 Å². The van der Waals surface area contributed by atoms with Crippen LogP contribution in [0.2, 0.25) is 0 Å². The Morgan fingerprint density at radius 3 is 2.50 bits per heavy atom. The third-order valence-corrected chi connectivity index (χ3v) is 3.91. The van der Waals surface area contributed by atoms with Crippen molar-refractivity contribution in [3.63, 3.8) is 0 Å². The minimum atomic E-state index is -0.830. The van der Waals surface area contributed by atoms with Crippen molar-refractivity contribution in [2.45, 2.75) is 25.4 Å². The minimum Gasteiger partial charge on any atom is -0.481 e. The van der Waals surface area contributed by atoms with Crippen molar-refractivity contribution in [2.75, 3.05) is 20.1 Å². The van der Waals surface area contributed by atoms with Crippen molar-refractivity contribution in [3.05, 3.63) is 35.9 Å². The Morgan fingerprint density at radius 2 is 1.90 bits per heavy atom. The average Bonchev–Trinajstić information content (AvgIpc) is 2.43. The van der Waals surface area contributed by atoms with Crippen LogP contribution in [0.4, 0.5) is 0 Å². The van der Waals surface area contributed by atoms with Gasteiger partial charge in [0.1, 0.15) is 0 Å². The Balaban J connectivity index is 2.12. The van der Waals surface area contributed by atoms with E-state index in [-0.39, 0.29) is 24.4 Å². The van der Waals surface area contributed by atoms with E-state index in [4.69, 9.17) is 5.11 Å². The van der Waals surface area contributed by atoms with E-state index in [2.05, 4.69) is 0 Å². The highest BCUT2D eigenvalue weighted by Gasteiger charge is 2.33. The Bertz CT molecular complexity index is 489. The maximum absolute atomic E-state index is 12.4. The Kier molecular flexibility index (Phi) is 4.39. The van der Waals surface area contributed by atoms with Gasteiger partial charge >= 0.3 is 5.97 Å². The third-order valence-electron chi connectivity index (χ3n) is 3.91. The van der Waals surface area contributed by atoms with Gasteiger partial charge in [0.15, 0.2) is 0 Å². The molecular formula is C15H20N2O3. The summed E-state index contributed by atoms with van der Waals surface area (Å²) in [6.07, 6.45) is 0.0550. The van der Waals surface area contributed by atoms with E-state index >= 15 is 0 Å². The molecule has 0 bridgehead atoms. The van der Waals surface area contributed by atoms with E-state index in [1.54, 1.807) is 17.0 Å². The van der Waals surface area contributed by atoms with Gasteiger partial charge in [0.2, 0.25) is 0 Å². The topological polar surface area (TPSA) is 60.9 Å². The summed E-state index contributed by atoms with van der Waals surface area (Å²) in [5.41, 5.74) is 0.651. The Labute approximate surface area is 118 Å². The second-order valence-electron chi connectivity index (χ2n) is 5.34. The maximum atomic E-state index is 12.4. The van der Waals surface area contributed by atoms with E-state index in [1.807, 2.05) is 37.1 Å². The number of carbonyl (C=O) groups excluding carboxylic acids is 1. The van der Waals surface area contributed by atoms with Gasteiger partial charge in [-0.25, -0.2) is 0 Å². The third kappa shape index (κ3) is 3.17. The fraction of sp³-hybridized carbons (Fsp3) is 0.467. The highest BCUT2D eigenvalue weighted by molar-refractivity contribution is 5.94. The zero-order chi connectivity index (χ0) is 14.7. The molecule has 2 atom stereocenters. The molecule has 1 fully saturated rings. The number of likely N-dealkylation sites (N-methyl/N-ethyl adjacent to an activating group) is 1. The molecule has 1 aliphatic rings. The number of aliphatic carboxylic acids is 1. The smallest absolute Gasteiger partial charge is 0.305 e. The quantitative estimate of drug-likeness (QED) is 0.904. The largest absolute Gasteiger partial charge is 0.481 e. The van der Waals surface area contributed by atoms with Crippen LogP contribution in [-0.2, 0) is 4.79 Å². The number of benzene rings is 1. The molecule has 1 N–H and O–H groups in total. The van der Waals surface area contributed by atoms with Gasteiger partial charge in [-0.1, -0.05) is 18.2 Å². The molecule has 2 rings (SSSR count). The van der Waals surface area contributed by atoms with Crippen LogP contribution in [0.25, 0.3) is 0 Å².